The van der Waals surface area contributed by atoms with E-state index in [1.165, 1.54) is 0 Å². The first-order chi connectivity index (χ1) is 12.5. The van der Waals surface area contributed by atoms with E-state index in [1.54, 1.807) is 17.0 Å². The number of aryl methyl sites for hydroxylation is 2. The molecular formula is C21H22N2O3. The average Bonchev–Trinajstić information content (AvgIpc) is 2.61. The summed E-state index contributed by atoms with van der Waals surface area (Å²) in [6, 6.07) is 10.1. The van der Waals surface area contributed by atoms with Crippen molar-refractivity contribution >= 4 is 11.8 Å². The normalized spacial score (nSPS) is 21.8. The summed E-state index contributed by atoms with van der Waals surface area (Å²) in [6.45, 7) is 4.40. The molecule has 2 aliphatic rings. The molecule has 2 amide bonds. The molecule has 5 heteroatoms. The molecule has 0 bridgehead atoms. The van der Waals surface area contributed by atoms with E-state index in [0.29, 0.717) is 13.0 Å². The van der Waals surface area contributed by atoms with Crippen molar-refractivity contribution in [1.29, 1.82) is 0 Å². The number of benzene rings is 2. The van der Waals surface area contributed by atoms with E-state index in [9.17, 15) is 14.7 Å². The number of carbonyl (C=O) groups is 2. The summed E-state index contributed by atoms with van der Waals surface area (Å²) < 4.78 is 0. The molecule has 2 N–H and O–H groups in total. The lowest BCUT2D eigenvalue weighted by Crippen LogP contribution is -2.61. The molecule has 2 atom stereocenters. The predicted octanol–water partition coefficient (Wildman–Crippen LogP) is 2.18. The van der Waals surface area contributed by atoms with Crippen LogP contribution < -0.4 is 5.32 Å². The Morgan fingerprint density at radius 3 is 2.58 bits per heavy atom. The van der Waals surface area contributed by atoms with Crippen LogP contribution in [-0.2, 0) is 22.4 Å². The lowest BCUT2D eigenvalue weighted by molar-refractivity contribution is -0.150. The monoisotopic (exact) mass is 350 g/mol. The van der Waals surface area contributed by atoms with Crippen molar-refractivity contribution in [3.05, 3.63) is 64.2 Å². The first-order valence-electron chi connectivity index (χ1n) is 8.93. The maximum atomic E-state index is 13.1. The summed E-state index contributed by atoms with van der Waals surface area (Å²) in [5, 5.41) is 12.7. The number of carbonyl (C=O) groups excluding carboxylic acids is 2. The van der Waals surface area contributed by atoms with Crippen molar-refractivity contribution in [2.24, 2.45) is 0 Å². The van der Waals surface area contributed by atoms with Gasteiger partial charge in [-0.05, 0) is 60.2 Å². The van der Waals surface area contributed by atoms with Crippen molar-refractivity contribution in [3.63, 3.8) is 0 Å². The molecule has 1 fully saturated rings. The molecule has 0 saturated carbocycles. The highest BCUT2D eigenvalue weighted by molar-refractivity contribution is 5.98. The highest BCUT2D eigenvalue weighted by Crippen LogP contribution is 2.33. The number of phenols is 1. The Balaban J connectivity index is 1.63. The molecule has 0 aliphatic carbocycles. The first-order valence-corrected chi connectivity index (χ1v) is 8.93. The number of aromatic hydroxyl groups is 1. The van der Waals surface area contributed by atoms with E-state index in [4.69, 9.17) is 0 Å². The summed E-state index contributed by atoms with van der Waals surface area (Å²) in [4.78, 5) is 27.6. The van der Waals surface area contributed by atoms with Gasteiger partial charge in [-0.3, -0.25) is 9.59 Å². The largest absolute Gasteiger partial charge is 0.508 e. The van der Waals surface area contributed by atoms with Gasteiger partial charge in [-0.25, -0.2) is 0 Å². The minimum atomic E-state index is -0.564. The van der Waals surface area contributed by atoms with Gasteiger partial charge in [-0.1, -0.05) is 24.3 Å². The fourth-order valence-electron chi connectivity index (χ4n) is 4.23. The molecule has 0 unspecified atom stereocenters. The number of piperazine rings is 1. The standard InChI is InChI=1S/C21H22N2O3/c1-12-9-15(24)10-13(2)17(12)11-18-21(26)23-8-7-14-5-3-4-6-16(14)19(23)20(25)22-18/h3-6,9-10,18-19,24H,7-8,11H2,1-2H3,(H,22,25)/t18-,19-/m0/s1. The summed E-state index contributed by atoms with van der Waals surface area (Å²) in [6.07, 6.45) is 1.21. The van der Waals surface area contributed by atoms with Crippen LogP contribution in [0.5, 0.6) is 5.75 Å². The van der Waals surface area contributed by atoms with Crippen LogP contribution in [0.3, 0.4) is 0 Å². The highest BCUT2D eigenvalue weighted by atomic mass is 16.3. The molecule has 2 aliphatic heterocycles. The van der Waals surface area contributed by atoms with Crippen molar-refractivity contribution in [2.75, 3.05) is 6.54 Å². The third-order valence-electron chi connectivity index (χ3n) is 5.52. The Morgan fingerprint density at radius 1 is 1.15 bits per heavy atom. The van der Waals surface area contributed by atoms with Crippen LogP contribution >= 0.6 is 0 Å². The Hall–Kier alpha value is -2.82. The molecule has 26 heavy (non-hydrogen) atoms. The van der Waals surface area contributed by atoms with Gasteiger partial charge in [0.15, 0.2) is 0 Å². The third kappa shape index (κ3) is 2.64. The smallest absolute Gasteiger partial charge is 0.248 e. The minimum absolute atomic E-state index is 0.0315. The van der Waals surface area contributed by atoms with Crippen LogP contribution in [0.25, 0.3) is 0 Å². The molecule has 2 aromatic carbocycles. The summed E-state index contributed by atoms with van der Waals surface area (Å²) in [5.41, 5.74) is 4.92. The van der Waals surface area contributed by atoms with E-state index < -0.39 is 12.1 Å². The number of rotatable bonds is 2. The van der Waals surface area contributed by atoms with E-state index in [2.05, 4.69) is 5.32 Å². The second-order valence-electron chi connectivity index (χ2n) is 7.21. The molecule has 2 aromatic rings. The summed E-state index contributed by atoms with van der Waals surface area (Å²) in [5.74, 6) is 0.0715. The van der Waals surface area contributed by atoms with Crippen molar-refractivity contribution < 1.29 is 14.7 Å². The van der Waals surface area contributed by atoms with Crippen molar-refractivity contribution in [1.82, 2.24) is 10.2 Å². The summed E-state index contributed by atoms with van der Waals surface area (Å²) in [7, 11) is 0. The second kappa shape index (κ2) is 6.16. The Kier molecular flexibility index (Phi) is 3.94. The fraction of sp³-hybridized carbons (Fsp3) is 0.333. The number of hydrogen-bond acceptors (Lipinski definition) is 3. The van der Waals surface area contributed by atoms with Gasteiger partial charge < -0.3 is 15.3 Å². The minimum Gasteiger partial charge on any atom is -0.508 e. The molecule has 134 valence electrons. The number of amides is 2. The second-order valence-corrected chi connectivity index (χ2v) is 7.21. The predicted molar refractivity (Wildman–Crippen MR) is 97.8 cm³/mol. The maximum absolute atomic E-state index is 13.1. The highest BCUT2D eigenvalue weighted by Gasteiger charge is 2.43. The topological polar surface area (TPSA) is 69.6 Å². The van der Waals surface area contributed by atoms with Crippen LogP contribution in [0.1, 0.15) is 33.9 Å². The maximum Gasteiger partial charge on any atom is 0.248 e. The lowest BCUT2D eigenvalue weighted by atomic mass is 9.87. The van der Waals surface area contributed by atoms with Gasteiger partial charge in [0.05, 0.1) is 0 Å². The van der Waals surface area contributed by atoms with Crippen LogP contribution in [-0.4, -0.2) is 34.4 Å². The van der Waals surface area contributed by atoms with E-state index in [-0.39, 0.29) is 17.6 Å². The molecule has 2 heterocycles. The SMILES string of the molecule is Cc1cc(O)cc(C)c1C[C@@H]1NC(=O)[C@@H]2c3ccccc3CCN2C1=O. The average molecular weight is 350 g/mol. The summed E-state index contributed by atoms with van der Waals surface area (Å²) >= 11 is 0. The molecular weight excluding hydrogens is 328 g/mol. The molecule has 0 spiro atoms. The number of hydrogen-bond donors (Lipinski definition) is 2. The number of nitrogens with one attached hydrogen (secondary N) is 1. The zero-order chi connectivity index (χ0) is 18.4. The Morgan fingerprint density at radius 2 is 1.85 bits per heavy atom. The molecule has 0 radical (unpaired) electrons. The van der Waals surface area contributed by atoms with E-state index >= 15 is 0 Å². The van der Waals surface area contributed by atoms with Crippen LogP contribution in [0, 0.1) is 13.8 Å². The van der Waals surface area contributed by atoms with Gasteiger partial charge in [-0.2, -0.15) is 0 Å². The third-order valence-corrected chi connectivity index (χ3v) is 5.52. The Labute approximate surface area is 152 Å². The van der Waals surface area contributed by atoms with Gasteiger partial charge in [0.2, 0.25) is 11.8 Å². The van der Waals surface area contributed by atoms with Crippen molar-refractivity contribution in [3.8, 4) is 5.75 Å². The number of nitrogens with zero attached hydrogens (tertiary/aromatic N) is 1. The zero-order valence-electron chi connectivity index (χ0n) is 15.0. The van der Waals surface area contributed by atoms with Gasteiger partial charge in [0, 0.05) is 13.0 Å². The van der Waals surface area contributed by atoms with E-state index in [0.717, 1.165) is 34.2 Å². The van der Waals surface area contributed by atoms with Crippen LogP contribution in [0.2, 0.25) is 0 Å². The molecule has 0 aromatic heterocycles. The first kappa shape index (κ1) is 16.6. The quantitative estimate of drug-likeness (QED) is 0.872. The molecule has 1 saturated heterocycles. The lowest BCUT2D eigenvalue weighted by Gasteiger charge is -2.42. The van der Waals surface area contributed by atoms with Gasteiger partial charge >= 0.3 is 0 Å². The molecule has 4 rings (SSSR count). The Bertz CT molecular complexity index is 883. The van der Waals surface area contributed by atoms with Gasteiger partial charge in [0.1, 0.15) is 17.8 Å². The number of fused-ring (bicyclic) bond motifs is 3. The molecule has 5 nitrogen and oxygen atoms in total. The van der Waals surface area contributed by atoms with Gasteiger partial charge in [-0.15, -0.1) is 0 Å². The fourth-order valence-corrected chi connectivity index (χ4v) is 4.23. The van der Waals surface area contributed by atoms with Gasteiger partial charge in [0.25, 0.3) is 0 Å². The van der Waals surface area contributed by atoms with Crippen molar-refractivity contribution in [2.45, 2.75) is 38.8 Å². The van der Waals surface area contributed by atoms with E-state index in [1.807, 2.05) is 38.1 Å². The number of phenolic OH excluding ortho intramolecular Hbond substituents is 1. The zero-order valence-corrected chi connectivity index (χ0v) is 15.0. The van der Waals surface area contributed by atoms with Crippen LogP contribution in [0.15, 0.2) is 36.4 Å². The van der Waals surface area contributed by atoms with Crippen LogP contribution in [0.4, 0.5) is 0 Å².